The van der Waals surface area contributed by atoms with Crippen molar-refractivity contribution in [1.82, 2.24) is 9.97 Å². The number of nitrogens with zero attached hydrogens (tertiary/aromatic N) is 1. The molecule has 0 saturated carbocycles. The molecule has 24 heavy (non-hydrogen) atoms. The van der Waals surface area contributed by atoms with Gasteiger partial charge in [0.1, 0.15) is 11.5 Å². The van der Waals surface area contributed by atoms with E-state index in [0.29, 0.717) is 21.5 Å². The van der Waals surface area contributed by atoms with Crippen LogP contribution in [0.4, 0.5) is 0 Å². The van der Waals surface area contributed by atoms with Crippen LogP contribution >= 0.6 is 35.0 Å². The number of halogens is 2. The molecule has 0 unspecified atom stereocenters. The largest absolute Gasteiger partial charge is 0.454 e. The Kier molecular flexibility index (Phi) is 4.04. The van der Waals surface area contributed by atoms with Crippen molar-refractivity contribution in [1.29, 1.82) is 0 Å². The van der Waals surface area contributed by atoms with E-state index in [1.165, 1.54) is 0 Å². The summed E-state index contributed by atoms with van der Waals surface area (Å²) in [7, 11) is 0. The van der Waals surface area contributed by atoms with Crippen molar-refractivity contribution in [2.24, 2.45) is 0 Å². The first-order valence-electron chi connectivity index (χ1n) is 7.24. The van der Waals surface area contributed by atoms with Gasteiger partial charge in [0, 0.05) is 11.5 Å². The molecule has 3 aromatic carbocycles. The van der Waals surface area contributed by atoms with Gasteiger partial charge in [0.05, 0.1) is 21.1 Å². The van der Waals surface area contributed by atoms with E-state index in [9.17, 15) is 0 Å². The van der Waals surface area contributed by atoms with E-state index in [1.807, 2.05) is 54.8 Å². The molecule has 0 atom stereocenters. The molecule has 3 nitrogen and oxygen atoms in total. The van der Waals surface area contributed by atoms with Crippen LogP contribution in [0.2, 0.25) is 10.0 Å². The molecule has 1 aromatic heterocycles. The molecule has 1 N–H and O–H groups in total. The molecular weight excluding hydrogens is 363 g/mol. The Morgan fingerprint density at radius 2 is 1.88 bits per heavy atom. The van der Waals surface area contributed by atoms with Gasteiger partial charge in [-0.1, -0.05) is 65.3 Å². The Morgan fingerprint density at radius 3 is 2.71 bits per heavy atom. The van der Waals surface area contributed by atoms with E-state index in [-0.39, 0.29) is 0 Å². The molecule has 120 valence electrons. The standard InChI is InChI=1S/C18H12Cl2N2OS/c1-24-18-21-13-8-12(19)16(9-14(13)22-18)23-15-7-6-10-4-2-3-5-11(10)17(15)20/h2-9H,1H3,(H,21,22). The summed E-state index contributed by atoms with van der Waals surface area (Å²) in [6.07, 6.45) is 1.96. The lowest BCUT2D eigenvalue weighted by Crippen LogP contribution is -1.88. The van der Waals surface area contributed by atoms with Gasteiger partial charge in [0.25, 0.3) is 0 Å². The second-order valence-electron chi connectivity index (χ2n) is 5.25. The van der Waals surface area contributed by atoms with Crippen molar-refractivity contribution in [3.63, 3.8) is 0 Å². The molecule has 4 aromatic rings. The van der Waals surface area contributed by atoms with Crippen LogP contribution in [0.5, 0.6) is 11.5 Å². The second kappa shape index (κ2) is 6.20. The Bertz CT molecular complexity index is 1060. The normalized spacial score (nSPS) is 11.3. The fourth-order valence-electron chi connectivity index (χ4n) is 2.57. The highest BCUT2D eigenvalue weighted by Gasteiger charge is 2.12. The number of imidazole rings is 1. The maximum Gasteiger partial charge on any atom is 0.166 e. The lowest BCUT2D eigenvalue weighted by atomic mass is 10.1. The zero-order chi connectivity index (χ0) is 16.7. The number of hydrogen-bond donors (Lipinski definition) is 1. The molecule has 4 rings (SSSR count). The number of rotatable bonds is 3. The van der Waals surface area contributed by atoms with Crippen LogP contribution in [0.15, 0.2) is 53.7 Å². The predicted molar refractivity (Wildman–Crippen MR) is 102 cm³/mol. The summed E-state index contributed by atoms with van der Waals surface area (Å²) in [5.41, 5.74) is 1.68. The van der Waals surface area contributed by atoms with Gasteiger partial charge >= 0.3 is 0 Å². The Balaban J connectivity index is 1.78. The van der Waals surface area contributed by atoms with E-state index in [0.717, 1.165) is 27.0 Å². The number of nitrogens with one attached hydrogen (secondary N) is 1. The molecule has 1 heterocycles. The highest BCUT2D eigenvalue weighted by molar-refractivity contribution is 7.98. The van der Waals surface area contributed by atoms with Gasteiger partial charge in [0.15, 0.2) is 5.16 Å². The second-order valence-corrected chi connectivity index (χ2v) is 6.83. The zero-order valence-corrected chi connectivity index (χ0v) is 15.0. The van der Waals surface area contributed by atoms with Gasteiger partial charge in [-0.05, 0) is 23.8 Å². The average Bonchev–Trinajstić information content (AvgIpc) is 2.99. The highest BCUT2D eigenvalue weighted by Crippen LogP contribution is 2.39. The Labute approximate surface area is 152 Å². The van der Waals surface area contributed by atoms with Crippen LogP contribution in [0.1, 0.15) is 0 Å². The third-order valence-corrected chi connectivity index (χ3v) is 5.02. The molecule has 0 aliphatic rings. The molecule has 0 fully saturated rings. The topological polar surface area (TPSA) is 37.9 Å². The Hall–Kier alpha value is -1.88. The molecule has 0 radical (unpaired) electrons. The zero-order valence-electron chi connectivity index (χ0n) is 12.6. The van der Waals surface area contributed by atoms with Crippen molar-refractivity contribution >= 4 is 56.8 Å². The van der Waals surface area contributed by atoms with E-state index in [4.69, 9.17) is 27.9 Å². The first-order valence-corrected chi connectivity index (χ1v) is 9.22. The fourth-order valence-corrected chi connectivity index (χ4v) is 3.45. The maximum absolute atomic E-state index is 6.50. The Morgan fingerprint density at radius 1 is 1.04 bits per heavy atom. The summed E-state index contributed by atoms with van der Waals surface area (Å²) < 4.78 is 5.97. The van der Waals surface area contributed by atoms with Crippen molar-refractivity contribution in [2.45, 2.75) is 5.16 Å². The number of fused-ring (bicyclic) bond motifs is 2. The molecule has 6 heteroatoms. The van der Waals surface area contributed by atoms with Crippen LogP contribution in [0.25, 0.3) is 21.8 Å². The van der Waals surface area contributed by atoms with Crippen LogP contribution in [0, 0.1) is 0 Å². The van der Waals surface area contributed by atoms with Crippen molar-refractivity contribution in [2.75, 3.05) is 6.26 Å². The highest BCUT2D eigenvalue weighted by atomic mass is 35.5. The van der Waals surface area contributed by atoms with Gasteiger partial charge in [-0.3, -0.25) is 0 Å². The van der Waals surface area contributed by atoms with E-state index in [1.54, 1.807) is 11.8 Å². The average molecular weight is 375 g/mol. The first kappa shape index (κ1) is 15.6. The van der Waals surface area contributed by atoms with Gasteiger partial charge in [-0.15, -0.1) is 0 Å². The fraction of sp³-hybridized carbons (Fsp3) is 0.0556. The number of aromatic amines is 1. The van der Waals surface area contributed by atoms with E-state index in [2.05, 4.69) is 9.97 Å². The molecule has 0 saturated heterocycles. The summed E-state index contributed by atoms with van der Waals surface area (Å²) >= 11 is 14.4. The monoisotopic (exact) mass is 374 g/mol. The minimum atomic E-state index is 0.503. The molecule has 0 bridgehead atoms. The lowest BCUT2D eigenvalue weighted by Gasteiger charge is -2.11. The SMILES string of the molecule is CSc1nc2cc(Oc3ccc4ccccc4c3Cl)c(Cl)cc2[nH]1. The van der Waals surface area contributed by atoms with E-state index >= 15 is 0 Å². The number of H-pyrrole nitrogens is 1. The third-order valence-electron chi connectivity index (χ3n) is 3.75. The molecular formula is C18H12Cl2N2OS. The van der Waals surface area contributed by atoms with Gasteiger partial charge in [-0.2, -0.15) is 0 Å². The van der Waals surface area contributed by atoms with Crippen LogP contribution < -0.4 is 4.74 Å². The molecule has 0 aliphatic carbocycles. The number of hydrogen-bond acceptors (Lipinski definition) is 3. The third kappa shape index (κ3) is 2.71. The van der Waals surface area contributed by atoms with Crippen LogP contribution in [0.3, 0.4) is 0 Å². The summed E-state index contributed by atoms with van der Waals surface area (Å²) in [6, 6.07) is 15.4. The quantitative estimate of drug-likeness (QED) is 0.413. The predicted octanol–water partition coefficient (Wildman–Crippen LogP) is 6.54. The van der Waals surface area contributed by atoms with E-state index < -0.39 is 0 Å². The number of thioether (sulfide) groups is 1. The summed E-state index contributed by atoms with van der Waals surface area (Å²) in [6.45, 7) is 0. The van der Waals surface area contributed by atoms with Crippen LogP contribution in [-0.4, -0.2) is 16.2 Å². The first-order chi connectivity index (χ1) is 11.7. The van der Waals surface area contributed by atoms with Crippen LogP contribution in [-0.2, 0) is 0 Å². The van der Waals surface area contributed by atoms with Gasteiger partial charge < -0.3 is 9.72 Å². The molecule has 0 aliphatic heterocycles. The number of ether oxygens (including phenoxy) is 1. The summed E-state index contributed by atoms with van der Waals surface area (Å²) in [5.74, 6) is 1.10. The summed E-state index contributed by atoms with van der Waals surface area (Å²) in [5, 5.41) is 3.91. The molecule has 0 spiro atoms. The van der Waals surface area contributed by atoms with Gasteiger partial charge in [-0.25, -0.2) is 4.98 Å². The van der Waals surface area contributed by atoms with Crippen molar-refractivity contribution in [3.05, 3.63) is 58.6 Å². The number of aromatic nitrogens is 2. The van der Waals surface area contributed by atoms with Crippen molar-refractivity contribution in [3.8, 4) is 11.5 Å². The number of benzene rings is 3. The minimum absolute atomic E-state index is 0.503. The molecule has 0 amide bonds. The van der Waals surface area contributed by atoms with Gasteiger partial charge in [0.2, 0.25) is 0 Å². The minimum Gasteiger partial charge on any atom is -0.454 e. The summed E-state index contributed by atoms with van der Waals surface area (Å²) in [4.78, 5) is 7.68. The lowest BCUT2D eigenvalue weighted by molar-refractivity contribution is 0.484. The maximum atomic E-state index is 6.50. The van der Waals surface area contributed by atoms with Crippen molar-refractivity contribution < 1.29 is 4.74 Å². The smallest absolute Gasteiger partial charge is 0.166 e.